The van der Waals surface area contributed by atoms with E-state index in [-0.39, 0.29) is 36.9 Å². The van der Waals surface area contributed by atoms with Crippen LogP contribution >= 0.6 is 12.4 Å². The molecule has 1 rings (SSSR count). The first-order valence-electron chi connectivity index (χ1n) is 6.79. The first-order valence-corrected chi connectivity index (χ1v) is 8.40. The summed E-state index contributed by atoms with van der Waals surface area (Å²) >= 11 is 0. The maximum absolute atomic E-state index is 12.3. The summed E-state index contributed by atoms with van der Waals surface area (Å²) in [6.07, 6.45) is 1.83. The maximum Gasteiger partial charge on any atom is 0.216 e. The average Bonchev–Trinajstić information content (AvgIpc) is 2.77. The van der Waals surface area contributed by atoms with E-state index in [0.29, 0.717) is 6.54 Å². The molecule has 1 heterocycles. The van der Waals surface area contributed by atoms with Gasteiger partial charge >= 0.3 is 0 Å². The molecule has 5 nitrogen and oxygen atoms in total. The standard InChI is InChI=1S/C12H26N2O3S.ClH/c1-4-7-14(12-5-6-13-10-12)18(15,16)9-8-17-11(2)3;/h11-13H,4-10H2,1-3H3;1H. The second-order valence-electron chi connectivity index (χ2n) is 4.99. The molecule has 19 heavy (non-hydrogen) atoms. The summed E-state index contributed by atoms with van der Waals surface area (Å²) in [6, 6.07) is 0.119. The third-order valence-electron chi connectivity index (χ3n) is 3.04. The van der Waals surface area contributed by atoms with Crippen LogP contribution in [-0.2, 0) is 14.8 Å². The van der Waals surface area contributed by atoms with Crippen LogP contribution in [0.4, 0.5) is 0 Å². The number of ether oxygens (including phenoxy) is 1. The molecule has 0 aromatic carbocycles. The zero-order chi connectivity index (χ0) is 13.6. The number of nitrogens with zero attached hydrogens (tertiary/aromatic N) is 1. The second-order valence-corrected chi connectivity index (χ2v) is 7.03. The highest BCUT2D eigenvalue weighted by molar-refractivity contribution is 7.89. The minimum absolute atomic E-state index is 0. The van der Waals surface area contributed by atoms with Gasteiger partial charge in [0, 0.05) is 19.1 Å². The van der Waals surface area contributed by atoms with Gasteiger partial charge in [-0.1, -0.05) is 6.92 Å². The van der Waals surface area contributed by atoms with Gasteiger partial charge < -0.3 is 10.1 Å². The van der Waals surface area contributed by atoms with E-state index in [9.17, 15) is 8.42 Å². The van der Waals surface area contributed by atoms with E-state index < -0.39 is 10.0 Å². The van der Waals surface area contributed by atoms with Gasteiger partial charge in [0.05, 0.1) is 18.5 Å². The Morgan fingerprint density at radius 1 is 1.42 bits per heavy atom. The Morgan fingerprint density at radius 3 is 2.58 bits per heavy atom. The van der Waals surface area contributed by atoms with Crippen molar-refractivity contribution in [1.82, 2.24) is 9.62 Å². The van der Waals surface area contributed by atoms with Crippen LogP contribution in [0.3, 0.4) is 0 Å². The highest BCUT2D eigenvalue weighted by atomic mass is 35.5. The van der Waals surface area contributed by atoms with Crippen molar-refractivity contribution in [3.63, 3.8) is 0 Å². The van der Waals surface area contributed by atoms with E-state index >= 15 is 0 Å². The molecule has 0 aromatic rings. The zero-order valence-corrected chi connectivity index (χ0v) is 13.7. The number of hydrogen-bond acceptors (Lipinski definition) is 4. The number of halogens is 1. The van der Waals surface area contributed by atoms with Crippen LogP contribution in [0.15, 0.2) is 0 Å². The van der Waals surface area contributed by atoms with Gasteiger partial charge in [-0.25, -0.2) is 8.42 Å². The predicted octanol–water partition coefficient (Wildman–Crippen LogP) is 1.24. The van der Waals surface area contributed by atoms with Gasteiger partial charge in [0.1, 0.15) is 0 Å². The Kier molecular flexibility index (Phi) is 9.19. The van der Waals surface area contributed by atoms with E-state index in [0.717, 1.165) is 25.9 Å². The van der Waals surface area contributed by atoms with Crippen molar-refractivity contribution in [2.24, 2.45) is 0 Å². The highest BCUT2D eigenvalue weighted by Gasteiger charge is 2.30. The third-order valence-corrected chi connectivity index (χ3v) is 4.91. The molecule has 1 saturated heterocycles. The van der Waals surface area contributed by atoms with Crippen LogP contribution in [-0.4, -0.2) is 56.9 Å². The molecule has 1 fully saturated rings. The lowest BCUT2D eigenvalue weighted by Crippen LogP contribution is -2.43. The summed E-state index contributed by atoms with van der Waals surface area (Å²) in [7, 11) is -3.20. The molecule has 7 heteroatoms. The van der Waals surface area contributed by atoms with Gasteiger partial charge in [0.2, 0.25) is 10.0 Å². The third kappa shape index (κ3) is 6.40. The zero-order valence-electron chi connectivity index (χ0n) is 12.1. The minimum Gasteiger partial charge on any atom is -0.378 e. The van der Waals surface area contributed by atoms with Gasteiger partial charge in [0.15, 0.2) is 0 Å². The first kappa shape index (κ1) is 19.1. The number of nitrogens with one attached hydrogen (secondary N) is 1. The molecule has 116 valence electrons. The van der Waals surface area contributed by atoms with Crippen molar-refractivity contribution < 1.29 is 13.2 Å². The summed E-state index contributed by atoms with van der Waals surface area (Å²) in [6.45, 7) is 8.40. The van der Waals surface area contributed by atoms with Gasteiger partial charge in [-0.05, 0) is 33.2 Å². The molecule has 1 aliphatic rings. The Bertz CT molecular complexity index is 330. The fourth-order valence-corrected chi connectivity index (χ4v) is 3.80. The molecule has 1 unspecified atom stereocenters. The van der Waals surface area contributed by atoms with Crippen molar-refractivity contribution in [3.05, 3.63) is 0 Å². The van der Waals surface area contributed by atoms with E-state index in [1.54, 1.807) is 4.31 Å². The largest absolute Gasteiger partial charge is 0.378 e. The lowest BCUT2D eigenvalue weighted by atomic mass is 10.2. The first-order chi connectivity index (χ1) is 8.47. The molecule has 0 bridgehead atoms. The molecular weight excluding hydrogens is 288 g/mol. The van der Waals surface area contributed by atoms with Crippen molar-refractivity contribution in [1.29, 1.82) is 0 Å². The van der Waals surface area contributed by atoms with Crippen LogP contribution in [0.5, 0.6) is 0 Å². The lowest BCUT2D eigenvalue weighted by molar-refractivity contribution is 0.0905. The van der Waals surface area contributed by atoms with Gasteiger partial charge in [-0.15, -0.1) is 12.4 Å². The minimum atomic E-state index is -3.20. The fraction of sp³-hybridized carbons (Fsp3) is 1.00. The van der Waals surface area contributed by atoms with E-state index in [1.807, 2.05) is 20.8 Å². The summed E-state index contributed by atoms with van der Waals surface area (Å²) in [5.41, 5.74) is 0. The molecule has 0 radical (unpaired) electrons. The molecule has 0 aliphatic carbocycles. The summed E-state index contributed by atoms with van der Waals surface area (Å²) in [4.78, 5) is 0. The van der Waals surface area contributed by atoms with Crippen LogP contribution in [0.2, 0.25) is 0 Å². The van der Waals surface area contributed by atoms with Gasteiger partial charge in [-0.3, -0.25) is 0 Å². The Morgan fingerprint density at radius 2 is 2.11 bits per heavy atom. The van der Waals surface area contributed by atoms with Crippen molar-refractivity contribution in [3.8, 4) is 0 Å². The van der Waals surface area contributed by atoms with E-state index in [1.165, 1.54) is 0 Å². The van der Waals surface area contributed by atoms with Crippen LogP contribution in [0, 0.1) is 0 Å². The maximum atomic E-state index is 12.3. The molecule has 0 amide bonds. The Hall–Kier alpha value is 0.120. The monoisotopic (exact) mass is 314 g/mol. The van der Waals surface area contributed by atoms with Crippen molar-refractivity contribution in [2.75, 3.05) is 32.0 Å². The van der Waals surface area contributed by atoms with E-state index in [2.05, 4.69) is 5.32 Å². The number of rotatable bonds is 8. The molecular formula is C12H27ClN2O3S. The lowest BCUT2D eigenvalue weighted by Gasteiger charge is -2.27. The fourth-order valence-electron chi connectivity index (χ4n) is 2.16. The number of hydrogen-bond donors (Lipinski definition) is 1. The van der Waals surface area contributed by atoms with Crippen LogP contribution in [0.25, 0.3) is 0 Å². The number of sulfonamides is 1. The summed E-state index contributed by atoms with van der Waals surface area (Å²) < 4.78 is 31.6. The summed E-state index contributed by atoms with van der Waals surface area (Å²) in [5.74, 6) is 0.0850. The van der Waals surface area contributed by atoms with Crippen LogP contribution < -0.4 is 5.32 Å². The Balaban J connectivity index is 0.00000324. The van der Waals surface area contributed by atoms with Crippen molar-refractivity contribution >= 4 is 22.4 Å². The highest BCUT2D eigenvalue weighted by Crippen LogP contribution is 2.14. The molecule has 0 saturated carbocycles. The van der Waals surface area contributed by atoms with Gasteiger partial charge in [-0.2, -0.15) is 4.31 Å². The summed E-state index contributed by atoms with van der Waals surface area (Å²) in [5, 5.41) is 3.22. The van der Waals surface area contributed by atoms with Crippen molar-refractivity contribution in [2.45, 2.75) is 45.8 Å². The molecule has 0 spiro atoms. The molecule has 1 aliphatic heterocycles. The normalized spacial score (nSPS) is 19.9. The smallest absolute Gasteiger partial charge is 0.216 e. The SMILES string of the molecule is CCCN(C1CCNC1)S(=O)(=O)CCOC(C)C.Cl. The van der Waals surface area contributed by atoms with Gasteiger partial charge in [0.25, 0.3) is 0 Å². The Labute approximate surface area is 123 Å². The quantitative estimate of drug-likeness (QED) is 0.732. The topological polar surface area (TPSA) is 58.6 Å². The predicted molar refractivity (Wildman–Crippen MR) is 80.4 cm³/mol. The average molecular weight is 315 g/mol. The van der Waals surface area contributed by atoms with Crippen LogP contribution in [0.1, 0.15) is 33.6 Å². The second kappa shape index (κ2) is 9.13. The molecule has 0 aromatic heterocycles. The molecule has 1 N–H and O–H groups in total. The van der Waals surface area contributed by atoms with E-state index in [4.69, 9.17) is 4.74 Å². The molecule has 1 atom stereocenters.